The van der Waals surface area contributed by atoms with Crippen molar-refractivity contribution in [2.24, 2.45) is 0 Å². The maximum absolute atomic E-state index is 14.0. The summed E-state index contributed by atoms with van der Waals surface area (Å²) in [6.07, 6.45) is 3.25. The number of methoxy groups -OCH3 is 1. The zero-order chi connectivity index (χ0) is 30.3. The highest BCUT2D eigenvalue weighted by Crippen LogP contribution is 2.31. The van der Waals surface area contributed by atoms with E-state index in [4.69, 9.17) is 14.6 Å². The van der Waals surface area contributed by atoms with Crippen molar-refractivity contribution in [1.29, 1.82) is 0 Å². The summed E-state index contributed by atoms with van der Waals surface area (Å²) >= 11 is 4.53. The van der Waals surface area contributed by atoms with Gasteiger partial charge in [0, 0.05) is 12.1 Å². The first-order valence-corrected chi connectivity index (χ1v) is 13.7. The molecule has 0 unspecified atom stereocenters. The van der Waals surface area contributed by atoms with Crippen LogP contribution in [0.25, 0.3) is 15.2 Å². The third kappa shape index (κ3) is 6.69. The van der Waals surface area contributed by atoms with E-state index in [-0.39, 0.29) is 31.6 Å². The van der Waals surface area contributed by atoms with Crippen LogP contribution in [0.2, 0.25) is 0 Å². The van der Waals surface area contributed by atoms with Crippen LogP contribution in [-0.4, -0.2) is 62.1 Å². The number of rotatable bonds is 10. The first kappa shape index (κ1) is 32.0. The maximum atomic E-state index is 14.0. The summed E-state index contributed by atoms with van der Waals surface area (Å²) in [6.45, 7) is 6.88. The molecule has 0 bridgehead atoms. The van der Waals surface area contributed by atoms with E-state index >= 15 is 0 Å². The van der Waals surface area contributed by atoms with Gasteiger partial charge in [-0.25, -0.2) is 18.5 Å². The topological polar surface area (TPSA) is 140 Å². The molecule has 0 radical (unpaired) electrons. The first-order chi connectivity index (χ1) is 19.5. The molecule has 3 heterocycles. The van der Waals surface area contributed by atoms with Crippen molar-refractivity contribution < 1.29 is 27.9 Å². The van der Waals surface area contributed by atoms with Gasteiger partial charge in [-0.15, -0.1) is 4.80 Å². The highest BCUT2D eigenvalue weighted by Gasteiger charge is 2.36. The van der Waals surface area contributed by atoms with Crippen molar-refractivity contribution in [2.45, 2.75) is 46.2 Å². The van der Waals surface area contributed by atoms with Gasteiger partial charge in [-0.1, -0.05) is 11.3 Å². The van der Waals surface area contributed by atoms with Crippen LogP contribution >= 0.6 is 24.2 Å². The molecule has 4 rings (SSSR count). The van der Waals surface area contributed by atoms with E-state index in [0.29, 0.717) is 33.3 Å². The summed E-state index contributed by atoms with van der Waals surface area (Å²) in [5.41, 5.74) is -1.74. The Hall–Kier alpha value is -3.53. The summed E-state index contributed by atoms with van der Waals surface area (Å²) in [5, 5.41) is 17.1. The lowest BCUT2D eigenvalue weighted by atomic mass is 10.1. The minimum Gasteiger partial charge on any atom is -0.496 e. The molecule has 0 atom stereocenters. The van der Waals surface area contributed by atoms with Gasteiger partial charge in [0.2, 0.25) is 0 Å². The van der Waals surface area contributed by atoms with Gasteiger partial charge >= 0.3 is 11.7 Å². The number of nitrogens with zero attached hydrogens (tertiary/aromatic N) is 5. The normalized spacial score (nSPS) is 11.3. The minimum atomic E-state index is -1.57. The molecule has 0 fully saturated rings. The largest absolute Gasteiger partial charge is 0.496 e. The molecule has 0 spiro atoms. The first-order valence-electron chi connectivity index (χ1n) is 12.6. The summed E-state index contributed by atoms with van der Waals surface area (Å²) in [7, 11) is 1.48. The molecular weight excluding hydrogens is 577 g/mol. The van der Waals surface area contributed by atoms with Crippen LogP contribution < -0.4 is 16.0 Å². The molecule has 1 N–H and O–H groups in total. The van der Waals surface area contributed by atoms with Crippen LogP contribution in [0.3, 0.4) is 0 Å². The van der Waals surface area contributed by atoms with Crippen molar-refractivity contribution in [3.63, 3.8) is 0 Å². The number of carbonyl (C=O) groups is 1. The summed E-state index contributed by atoms with van der Waals surface area (Å²) in [6, 6.07) is 4.16. The zero-order valence-electron chi connectivity index (χ0n) is 23.3. The van der Waals surface area contributed by atoms with Gasteiger partial charge in [-0.2, -0.15) is 10.2 Å². The average molecular weight is 610 g/mol. The van der Waals surface area contributed by atoms with Gasteiger partial charge in [-0.05, 0) is 70.8 Å². The Bertz CT molecular complexity index is 1610. The van der Waals surface area contributed by atoms with Gasteiger partial charge < -0.3 is 18.8 Å². The second-order valence-electron chi connectivity index (χ2n) is 9.15. The van der Waals surface area contributed by atoms with Crippen LogP contribution in [0, 0.1) is 12.7 Å². The molecule has 222 valence electrons. The van der Waals surface area contributed by atoms with Gasteiger partial charge in [0.15, 0.2) is 0 Å². The smallest absolute Gasteiger partial charge is 0.333 e. The molecule has 0 saturated heterocycles. The van der Waals surface area contributed by atoms with Crippen LogP contribution in [0.4, 0.5) is 4.39 Å². The number of hydrogen-bond acceptors (Lipinski definition) is 11. The Labute approximate surface area is 244 Å². The van der Waals surface area contributed by atoms with Crippen molar-refractivity contribution in [2.75, 3.05) is 26.9 Å². The number of ether oxygens (including phenoxy) is 2. The third-order valence-electron chi connectivity index (χ3n) is 6.15. The Morgan fingerprint density at radius 1 is 1.22 bits per heavy atom. The number of esters is 1. The molecule has 0 aliphatic carbocycles. The number of fused-ring (bicyclic) bond motifs is 1. The van der Waals surface area contributed by atoms with E-state index in [1.54, 1.807) is 13.8 Å². The van der Waals surface area contributed by atoms with E-state index < -0.39 is 28.6 Å². The van der Waals surface area contributed by atoms with E-state index in [1.165, 1.54) is 72.3 Å². The Morgan fingerprint density at radius 2 is 1.90 bits per heavy atom. The van der Waals surface area contributed by atoms with E-state index in [2.05, 4.69) is 27.3 Å². The molecule has 0 amide bonds. The Morgan fingerprint density at radius 3 is 2.46 bits per heavy atom. The van der Waals surface area contributed by atoms with E-state index in [9.17, 15) is 18.8 Å². The van der Waals surface area contributed by atoms with Crippen LogP contribution in [0.5, 0.6) is 5.75 Å². The lowest BCUT2D eigenvalue weighted by Crippen LogP contribution is -2.53. The van der Waals surface area contributed by atoms with Crippen molar-refractivity contribution >= 4 is 40.4 Å². The number of hydrogen-bond donors (Lipinski definition) is 2. The van der Waals surface area contributed by atoms with Gasteiger partial charge in [-0.3, -0.25) is 9.36 Å². The molecule has 0 saturated carbocycles. The predicted molar refractivity (Wildman–Crippen MR) is 155 cm³/mol. The second kappa shape index (κ2) is 13.9. The Balaban J connectivity index is 0.000000850. The van der Waals surface area contributed by atoms with Gasteiger partial charge in [0.05, 0.1) is 44.7 Å². The minimum absolute atomic E-state index is 0.0451. The SMILES string of the molecule is CCOC(=O)C(C)(C)n1c(=O)c2c(C)c(-n3nccn3)sc2n(CCc2cc(F)ccc2OC)c1=O.OCCOS. The molecule has 41 heavy (non-hydrogen) atoms. The fourth-order valence-electron chi connectivity index (χ4n) is 4.15. The monoisotopic (exact) mass is 609 g/mol. The Kier molecular flexibility index (Phi) is 10.8. The van der Waals surface area contributed by atoms with Crippen molar-refractivity contribution in [1.82, 2.24) is 24.1 Å². The molecule has 0 aliphatic rings. The van der Waals surface area contributed by atoms with Crippen LogP contribution in [0.15, 0.2) is 40.2 Å². The molecular formula is C26H32FN5O7S2. The highest BCUT2D eigenvalue weighted by atomic mass is 32.1. The average Bonchev–Trinajstić information content (AvgIpc) is 3.58. The summed E-state index contributed by atoms with van der Waals surface area (Å²) < 4.78 is 30.9. The molecule has 15 heteroatoms. The van der Waals surface area contributed by atoms with Crippen molar-refractivity contribution in [3.05, 3.63) is 68.4 Å². The molecule has 3 aromatic heterocycles. The van der Waals surface area contributed by atoms with Gasteiger partial charge in [0.25, 0.3) is 5.56 Å². The second-order valence-corrected chi connectivity index (χ2v) is 10.4. The predicted octanol–water partition coefficient (Wildman–Crippen LogP) is 2.64. The number of thiol groups is 1. The van der Waals surface area contributed by atoms with Crippen LogP contribution in [-0.2, 0) is 32.2 Å². The highest BCUT2D eigenvalue weighted by molar-refractivity contribution is 7.75. The van der Waals surface area contributed by atoms with Crippen molar-refractivity contribution in [3.8, 4) is 10.8 Å². The molecule has 4 aromatic rings. The number of aliphatic hydroxyl groups is 1. The maximum Gasteiger partial charge on any atom is 0.333 e. The summed E-state index contributed by atoms with van der Waals surface area (Å²) in [4.78, 5) is 42.1. The quantitative estimate of drug-likeness (QED) is 0.158. The number of halogens is 1. The molecule has 1 aromatic carbocycles. The van der Waals surface area contributed by atoms with E-state index in [1.807, 2.05) is 0 Å². The fourth-order valence-corrected chi connectivity index (χ4v) is 5.47. The lowest BCUT2D eigenvalue weighted by Gasteiger charge is -2.25. The standard InChI is InChI=1S/C24H26FN5O5S.C2H6O2S/c1-6-35-22(32)24(3,4)29-19(31)18-14(2)20(30-26-10-11-27-30)36-21(18)28(23(29)33)12-9-15-13-16(25)7-8-17(15)34-5;3-1-2-4-5/h7-8,10-11,13H,6,9,12H2,1-5H3;3,5H,1-2H2. The zero-order valence-corrected chi connectivity index (χ0v) is 25.0. The van der Waals surface area contributed by atoms with E-state index in [0.717, 1.165) is 4.57 Å². The number of aryl methyl sites for hydroxylation is 3. The number of carbonyl (C=O) groups excluding carboxylic acids is 1. The molecule has 0 aliphatic heterocycles. The fraction of sp³-hybridized carbons (Fsp3) is 0.423. The number of aromatic nitrogens is 5. The third-order valence-corrected chi connectivity index (χ3v) is 7.61. The summed E-state index contributed by atoms with van der Waals surface area (Å²) in [5.74, 6) is -0.663. The lowest BCUT2D eigenvalue weighted by molar-refractivity contribution is -0.152. The number of thiophene rings is 1. The van der Waals surface area contributed by atoms with Gasteiger partial charge in [0.1, 0.15) is 26.9 Å². The molecule has 12 nitrogen and oxygen atoms in total. The number of aliphatic hydroxyl groups excluding tert-OH is 1. The number of benzene rings is 1. The van der Waals surface area contributed by atoms with Crippen LogP contribution in [0.1, 0.15) is 31.9 Å².